The maximum atomic E-state index is 10.6. The molecule has 1 rings (SSSR count). The van der Waals surface area contributed by atoms with E-state index >= 15 is 0 Å². The minimum absolute atomic E-state index is 0.174. The van der Waals surface area contributed by atoms with Crippen LogP contribution in [0.4, 0.5) is 5.69 Å². The molecule has 21 heavy (non-hydrogen) atoms. The first-order chi connectivity index (χ1) is 10.1. The predicted molar refractivity (Wildman–Crippen MR) is 86.8 cm³/mol. The molecule has 0 fully saturated rings. The Morgan fingerprint density at radius 2 is 2.14 bits per heavy atom. The minimum Gasteiger partial charge on any atom is -0.496 e. The van der Waals surface area contributed by atoms with Gasteiger partial charge in [0.05, 0.1) is 7.11 Å². The van der Waals surface area contributed by atoms with E-state index < -0.39 is 5.97 Å². The molecule has 0 heterocycles. The van der Waals surface area contributed by atoms with Crippen LogP contribution in [0.1, 0.15) is 31.7 Å². The number of hydrogen-bond acceptors (Lipinski definition) is 3. The van der Waals surface area contributed by atoms with Crippen molar-refractivity contribution in [3.05, 3.63) is 23.8 Å². The molecule has 4 nitrogen and oxygen atoms in total. The van der Waals surface area contributed by atoms with Crippen LogP contribution in [-0.4, -0.2) is 37.2 Å². The third-order valence-corrected chi connectivity index (χ3v) is 3.48. The second-order valence-electron chi connectivity index (χ2n) is 4.92. The van der Waals surface area contributed by atoms with Gasteiger partial charge in [0.15, 0.2) is 0 Å². The highest BCUT2D eigenvalue weighted by Gasteiger charge is 2.10. The lowest BCUT2D eigenvalue weighted by molar-refractivity contribution is -0.137. The molecule has 0 aromatic heterocycles. The lowest BCUT2D eigenvalue weighted by Crippen LogP contribution is -2.26. The molecular formula is C16H24ClNO3. The highest BCUT2D eigenvalue weighted by molar-refractivity contribution is 6.18. The summed E-state index contributed by atoms with van der Waals surface area (Å²) in [5.74, 6) is 0.631. The van der Waals surface area contributed by atoms with E-state index in [1.165, 1.54) is 0 Å². The SMILES string of the molecule is CCCN(CCCl)c1ccc(OC)c(CCCC(=O)O)c1. The Hall–Kier alpha value is -1.42. The van der Waals surface area contributed by atoms with Gasteiger partial charge < -0.3 is 14.7 Å². The Balaban J connectivity index is 2.88. The van der Waals surface area contributed by atoms with Gasteiger partial charge in [-0.15, -0.1) is 11.6 Å². The van der Waals surface area contributed by atoms with E-state index in [4.69, 9.17) is 21.4 Å². The van der Waals surface area contributed by atoms with E-state index in [-0.39, 0.29) is 6.42 Å². The number of aliphatic carboxylic acids is 1. The van der Waals surface area contributed by atoms with E-state index in [0.29, 0.717) is 18.7 Å². The maximum Gasteiger partial charge on any atom is 0.303 e. The Labute approximate surface area is 131 Å². The number of halogens is 1. The van der Waals surface area contributed by atoms with Crippen molar-refractivity contribution in [2.75, 3.05) is 31.0 Å². The number of aryl methyl sites for hydroxylation is 1. The summed E-state index contributed by atoms with van der Waals surface area (Å²) in [5.41, 5.74) is 2.16. The van der Waals surface area contributed by atoms with Crippen LogP contribution in [0.2, 0.25) is 0 Å². The van der Waals surface area contributed by atoms with Crippen molar-refractivity contribution in [3.63, 3.8) is 0 Å². The summed E-state index contributed by atoms with van der Waals surface area (Å²) < 4.78 is 5.37. The molecule has 1 aromatic rings. The van der Waals surface area contributed by atoms with Crippen LogP contribution in [0.5, 0.6) is 5.75 Å². The summed E-state index contributed by atoms with van der Waals surface area (Å²) in [6, 6.07) is 6.06. The van der Waals surface area contributed by atoms with E-state index in [1.54, 1.807) is 7.11 Å². The van der Waals surface area contributed by atoms with Crippen LogP contribution in [0.3, 0.4) is 0 Å². The standard InChI is InChI=1S/C16H24ClNO3/c1-3-10-18(11-9-17)14-7-8-15(21-2)13(12-14)5-4-6-16(19)20/h7-8,12H,3-6,9-11H2,1-2H3,(H,19,20). The van der Waals surface area contributed by atoms with Gasteiger partial charge in [-0.25, -0.2) is 0 Å². The minimum atomic E-state index is -0.764. The molecule has 0 unspecified atom stereocenters. The fourth-order valence-corrected chi connectivity index (χ4v) is 2.53. The Morgan fingerprint density at radius 1 is 1.38 bits per heavy atom. The summed E-state index contributed by atoms with van der Waals surface area (Å²) in [7, 11) is 1.64. The second-order valence-corrected chi connectivity index (χ2v) is 5.30. The third kappa shape index (κ3) is 5.84. The molecular weight excluding hydrogens is 290 g/mol. The van der Waals surface area contributed by atoms with Crippen LogP contribution < -0.4 is 9.64 Å². The average molecular weight is 314 g/mol. The van der Waals surface area contributed by atoms with E-state index in [0.717, 1.165) is 36.5 Å². The van der Waals surface area contributed by atoms with Crippen LogP contribution in [0.15, 0.2) is 18.2 Å². The number of carboxylic acids is 1. The van der Waals surface area contributed by atoms with Gasteiger partial charge in [0, 0.05) is 31.1 Å². The van der Waals surface area contributed by atoms with Crippen molar-refractivity contribution >= 4 is 23.3 Å². The summed E-state index contributed by atoms with van der Waals surface area (Å²) in [4.78, 5) is 12.9. The number of carbonyl (C=O) groups is 1. The molecule has 5 heteroatoms. The van der Waals surface area contributed by atoms with Gasteiger partial charge in [-0.3, -0.25) is 4.79 Å². The van der Waals surface area contributed by atoms with Crippen LogP contribution in [-0.2, 0) is 11.2 Å². The fourth-order valence-electron chi connectivity index (χ4n) is 2.33. The molecule has 1 aromatic carbocycles. The van der Waals surface area contributed by atoms with Gasteiger partial charge in [0.1, 0.15) is 5.75 Å². The molecule has 0 saturated carbocycles. The molecule has 0 saturated heterocycles. The smallest absolute Gasteiger partial charge is 0.303 e. The molecule has 1 N–H and O–H groups in total. The number of nitrogens with zero attached hydrogens (tertiary/aromatic N) is 1. The number of anilines is 1. The van der Waals surface area contributed by atoms with E-state index in [2.05, 4.69) is 17.9 Å². The number of rotatable bonds is 10. The number of hydrogen-bond donors (Lipinski definition) is 1. The zero-order valence-electron chi connectivity index (χ0n) is 12.8. The van der Waals surface area contributed by atoms with Gasteiger partial charge >= 0.3 is 5.97 Å². The summed E-state index contributed by atoms with van der Waals surface area (Å²) >= 11 is 5.87. The molecule has 0 aliphatic carbocycles. The Morgan fingerprint density at radius 3 is 2.71 bits per heavy atom. The molecule has 0 aliphatic heterocycles. The zero-order chi connectivity index (χ0) is 15.7. The first-order valence-electron chi connectivity index (χ1n) is 7.32. The first-order valence-corrected chi connectivity index (χ1v) is 7.85. The molecule has 0 radical (unpaired) electrons. The molecule has 0 bridgehead atoms. The average Bonchev–Trinajstić information content (AvgIpc) is 2.46. The summed E-state index contributed by atoms with van der Waals surface area (Å²) in [5, 5.41) is 8.75. The Kier molecular flexibility index (Phi) is 7.98. The molecule has 0 atom stereocenters. The van der Waals surface area contributed by atoms with Gasteiger partial charge in [0.2, 0.25) is 0 Å². The summed E-state index contributed by atoms with van der Waals surface area (Å²) in [6.07, 6.45) is 2.54. The van der Waals surface area contributed by atoms with Gasteiger partial charge in [-0.05, 0) is 43.0 Å². The van der Waals surface area contributed by atoms with Crippen LogP contribution >= 0.6 is 11.6 Å². The topological polar surface area (TPSA) is 49.8 Å². The van der Waals surface area contributed by atoms with Crippen molar-refractivity contribution in [2.24, 2.45) is 0 Å². The highest BCUT2D eigenvalue weighted by atomic mass is 35.5. The van der Waals surface area contributed by atoms with Crippen molar-refractivity contribution in [2.45, 2.75) is 32.6 Å². The van der Waals surface area contributed by atoms with Crippen LogP contribution in [0, 0.1) is 0 Å². The van der Waals surface area contributed by atoms with Gasteiger partial charge in [0.25, 0.3) is 0 Å². The number of ether oxygens (including phenoxy) is 1. The molecule has 0 spiro atoms. The first kappa shape index (κ1) is 17.6. The van der Waals surface area contributed by atoms with Crippen molar-refractivity contribution in [1.29, 1.82) is 0 Å². The fraction of sp³-hybridized carbons (Fsp3) is 0.562. The third-order valence-electron chi connectivity index (χ3n) is 3.31. The second kappa shape index (κ2) is 9.50. The zero-order valence-corrected chi connectivity index (χ0v) is 13.5. The molecule has 118 valence electrons. The number of alkyl halides is 1. The quantitative estimate of drug-likeness (QED) is 0.671. The largest absolute Gasteiger partial charge is 0.496 e. The van der Waals surface area contributed by atoms with Gasteiger partial charge in [-0.2, -0.15) is 0 Å². The predicted octanol–water partition coefficient (Wildman–Crippen LogP) is 3.56. The monoisotopic (exact) mass is 313 g/mol. The van der Waals surface area contributed by atoms with Crippen molar-refractivity contribution in [3.8, 4) is 5.75 Å². The number of benzene rings is 1. The number of methoxy groups -OCH3 is 1. The maximum absolute atomic E-state index is 10.6. The van der Waals surface area contributed by atoms with Crippen molar-refractivity contribution in [1.82, 2.24) is 0 Å². The highest BCUT2D eigenvalue weighted by Crippen LogP contribution is 2.26. The molecule has 0 aliphatic rings. The van der Waals surface area contributed by atoms with E-state index in [9.17, 15) is 4.79 Å². The lowest BCUT2D eigenvalue weighted by atomic mass is 10.1. The lowest BCUT2D eigenvalue weighted by Gasteiger charge is -2.24. The van der Waals surface area contributed by atoms with Crippen molar-refractivity contribution < 1.29 is 14.6 Å². The normalized spacial score (nSPS) is 10.4. The Bertz CT molecular complexity index is 445. The molecule has 0 amide bonds. The van der Waals surface area contributed by atoms with Crippen LogP contribution in [0.25, 0.3) is 0 Å². The van der Waals surface area contributed by atoms with E-state index in [1.807, 2.05) is 12.1 Å². The summed E-state index contributed by atoms with van der Waals surface area (Å²) in [6.45, 7) is 3.89. The van der Waals surface area contributed by atoms with Gasteiger partial charge in [-0.1, -0.05) is 6.92 Å². The number of carboxylic acid groups (broad SMARTS) is 1.